The molecule has 0 aromatic carbocycles. The number of ketones is 1. The Morgan fingerprint density at radius 3 is 3.15 bits per heavy atom. The molecule has 0 saturated carbocycles. The molecule has 0 bridgehead atoms. The first-order valence-corrected chi connectivity index (χ1v) is 5.37. The summed E-state index contributed by atoms with van der Waals surface area (Å²) in [5.74, 6) is 2.80. The lowest BCUT2D eigenvalue weighted by Crippen LogP contribution is -2.11. The lowest BCUT2D eigenvalue weighted by atomic mass is 10.1. The zero-order chi connectivity index (χ0) is 9.10. The average molecular weight is 194 g/mol. The van der Waals surface area contributed by atoms with Crippen molar-refractivity contribution in [2.75, 3.05) is 11.5 Å². The maximum absolute atomic E-state index is 11.4. The van der Waals surface area contributed by atoms with Crippen LogP contribution in [-0.2, 0) is 4.79 Å². The topological polar surface area (TPSA) is 30.2 Å². The summed E-state index contributed by atoms with van der Waals surface area (Å²) in [5, 5.41) is 0. The number of carbonyl (C=O) groups is 1. The monoisotopic (exact) mass is 194 g/mol. The Labute approximate surface area is 81.0 Å². The van der Waals surface area contributed by atoms with Crippen LogP contribution < -0.4 is 0 Å². The molecule has 1 aromatic heterocycles. The van der Waals surface area contributed by atoms with Crippen LogP contribution >= 0.6 is 11.8 Å². The molecule has 1 aliphatic heterocycles. The first kappa shape index (κ1) is 8.63. The highest BCUT2D eigenvalue weighted by Crippen LogP contribution is 2.21. The fourth-order valence-electron chi connectivity index (χ4n) is 1.26. The maximum atomic E-state index is 11.4. The third-order valence-corrected chi connectivity index (χ3v) is 2.96. The van der Waals surface area contributed by atoms with E-state index in [0.717, 1.165) is 22.8 Å². The molecule has 1 fully saturated rings. The summed E-state index contributed by atoms with van der Waals surface area (Å²) in [5.41, 5.74) is 0.881. The van der Waals surface area contributed by atoms with Gasteiger partial charge in [0.05, 0.1) is 6.26 Å². The second-order valence-corrected chi connectivity index (χ2v) is 4.02. The number of carbonyl (C=O) groups excluding carboxylic acids is 1. The normalized spacial score (nSPS) is 20.9. The molecule has 0 aliphatic carbocycles. The Balaban J connectivity index is 2.19. The van der Waals surface area contributed by atoms with Gasteiger partial charge in [-0.05, 0) is 18.2 Å². The Kier molecular flexibility index (Phi) is 2.54. The maximum Gasteiger partial charge on any atom is 0.160 e. The summed E-state index contributed by atoms with van der Waals surface area (Å²) in [6.45, 7) is 0. The van der Waals surface area contributed by atoms with E-state index in [-0.39, 0.29) is 5.78 Å². The fourth-order valence-corrected chi connectivity index (χ4v) is 2.19. The Morgan fingerprint density at radius 2 is 2.46 bits per heavy atom. The molecule has 2 heterocycles. The van der Waals surface area contributed by atoms with E-state index in [4.69, 9.17) is 4.42 Å². The molecule has 0 unspecified atom stereocenters. The van der Waals surface area contributed by atoms with Crippen LogP contribution in [0.3, 0.4) is 0 Å². The van der Waals surface area contributed by atoms with E-state index < -0.39 is 0 Å². The Morgan fingerprint density at radius 1 is 1.54 bits per heavy atom. The van der Waals surface area contributed by atoms with Gasteiger partial charge in [0.2, 0.25) is 0 Å². The molecular formula is C10H10O2S. The highest BCUT2D eigenvalue weighted by molar-refractivity contribution is 7.99. The molecular weight excluding hydrogens is 184 g/mol. The van der Waals surface area contributed by atoms with Crippen LogP contribution in [0.15, 0.2) is 28.4 Å². The van der Waals surface area contributed by atoms with Crippen molar-refractivity contribution in [3.8, 4) is 0 Å². The van der Waals surface area contributed by atoms with Gasteiger partial charge in [-0.25, -0.2) is 0 Å². The highest BCUT2D eigenvalue weighted by Gasteiger charge is 2.15. The van der Waals surface area contributed by atoms with E-state index in [1.54, 1.807) is 18.0 Å². The summed E-state index contributed by atoms with van der Waals surface area (Å²) in [6, 6.07) is 3.69. The minimum atomic E-state index is 0.259. The fraction of sp³-hybridized carbons (Fsp3) is 0.300. The van der Waals surface area contributed by atoms with Gasteiger partial charge in [0.15, 0.2) is 5.78 Å². The highest BCUT2D eigenvalue weighted by atomic mass is 32.2. The number of thioether (sulfide) groups is 1. The van der Waals surface area contributed by atoms with Gasteiger partial charge >= 0.3 is 0 Å². The number of hydrogen-bond acceptors (Lipinski definition) is 3. The molecule has 68 valence electrons. The van der Waals surface area contributed by atoms with Crippen molar-refractivity contribution in [3.05, 3.63) is 29.7 Å². The van der Waals surface area contributed by atoms with Gasteiger partial charge < -0.3 is 4.42 Å². The molecule has 2 nitrogen and oxygen atoms in total. The van der Waals surface area contributed by atoms with Crippen LogP contribution in [0, 0.1) is 0 Å². The Hall–Kier alpha value is -0.960. The zero-order valence-electron chi connectivity index (χ0n) is 7.16. The summed E-state index contributed by atoms with van der Waals surface area (Å²) in [4.78, 5) is 11.4. The molecule has 13 heavy (non-hydrogen) atoms. The molecule has 0 spiro atoms. The quantitative estimate of drug-likeness (QED) is 0.643. The van der Waals surface area contributed by atoms with Crippen molar-refractivity contribution in [2.24, 2.45) is 0 Å². The van der Waals surface area contributed by atoms with E-state index >= 15 is 0 Å². The van der Waals surface area contributed by atoms with E-state index in [0.29, 0.717) is 6.42 Å². The largest absolute Gasteiger partial charge is 0.465 e. The molecule has 0 N–H and O–H groups in total. The molecule has 0 radical (unpaired) electrons. The van der Waals surface area contributed by atoms with Crippen molar-refractivity contribution in [2.45, 2.75) is 6.42 Å². The minimum absolute atomic E-state index is 0.259. The summed E-state index contributed by atoms with van der Waals surface area (Å²) in [6.07, 6.45) is 4.12. The van der Waals surface area contributed by atoms with E-state index in [9.17, 15) is 4.79 Å². The molecule has 1 aliphatic rings. The van der Waals surface area contributed by atoms with Gasteiger partial charge in [0.1, 0.15) is 5.76 Å². The van der Waals surface area contributed by atoms with Gasteiger partial charge in [-0.3, -0.25) is 4.79 Å². The van der Waals surface area contributed by atoms with Crippen molar-refractivity contribution >= 4 is 23.6 Å². The predicted octanol–water partition coefficient (Wildman–Crippen LogP) is 2.37. The predicted molar refractivity (Wildman–Crippen MR) is 53.6 cm³/mol. The summed E-state index contributed by atoms with van der Waals surface area (Å²) < 4.78 is 5.15. The van der Waals surface area contributed by atoms with Gasteiger partial charge in [-0.15, -0.1) is 0 Å². The standard InChI is InChI=1S/C10H10O2S/c11-10-3-5-13-7-8(10)6-9-2-1-4-12-9/h1-2,4,6H,3,5,7H2/b8-6+. The van der Waals surface area contributed by atoms with Gasteiger partial charge in [-0.2, -0.15) is 11.8 Å². The van der Waals surface area contributed by atoms with E-state index in [2.05, 4.69) is 0 Å². The van der Waals surface area contributed by atoms with Crippen LogP contribution in [0.5, 0.6) is 0 Å². The average Bonchev–Trinajstić information content (AvgIpc) is 2.61. The first-order valence-electron chi connectivity index (χ1n) is 4.21. The molecule has 3 heteroatoms. The molecule has 0 atom stereocenters. The number of rotatable bonds is 1. The summed E-state index contributed by atoms with van der Waals surface area (Å²) in [7, 11) is 0. The molecule has 0 amide bonds. The third-order valence-electron chi connectivity index (χ3n) is 1.95. The van der Waals surface area contributed by atoms with Gasteiger partial charge in [-0.1, -0.05) is 0 Å². The number of hydrogen-bond donors (Lipinski definition) is 0. The van der Waals surface area contributed by atoms with E-state index in [1.165, 1.54) is 0 Å². The van der Waals surface area contributed by atoms with Crippen molar-refractivity contribution in [1.82, 2.24) is 0 Å². The van der Waals surface area contributed by atoms with E-state index in [1.807, 2.05) is 18.2 Å². The first-order chi connectivity index (χ1) is 6.36. The summed E-state index contributed by atoms with van der Waals surface area (Å²) >= 11 is 1.80. The van der Waals surface area contributed by atoms with Crippen molar-refractivity contribution in [1.29, 1.82) is 0 Å². The van der Waals surface area contributed by atoms with Crippen LogP contribution in [0.2, 0.25) is 0 Å². The SMILES string of the molecule is O=C1CCSC/C1=C\c1ccco1. The zero-order valence-corrected chi connectivity index (χ0v) is 7.97. The number of Topliss-reactive ketones (excluding diaryl/α,β-unsaturated/α-hetero) is 1. The van der Waals surface area contributed by atoms with Gasteiger partial charge in [0, 0.05) is 23.5 Å². The number of furan rings is 1. The molecule has 2 rings (SSSR count). The lowest BCUT2D eigenvalue weighted by molar-refractivity contribution is -0.115. The minimum Gasteiger partial charge on any atom is -0.465 e. The lowest BCUT2D eigenvalue weighted by Gasteiger charge is -2.11. The smallest absolute Gasteiger partial charge is 0.160 e. The van der Waals surface area contributed by atoms with Crippen LogP contribution in [0.1, 0.15) is 12.2 Å². The van der Waals surface area contributed by atoms with Crippen LogP contribution in [0.25, 0.3) is 6.08 Å². The van der Waals surface area contributed by atoms with Crippen LogP contribution in [0.4, 0.5) is 0 Å². The molecule has 1 saturated heterocycles. The second-order valence-electron chi connectivity index (χ2n) is 2.91. The van der Waals surface area contributed by atoms with Gasteiger partial charge in [0.25, 0.3) is 0 Å². The second kappa shape index (κ2) is 3.83. The molecule has 1 aromatic rings. The van der Waals surface area contributed by atoms with Crippen molar-refractivity contribution < 1.29 is 9.21 Å². The van der Waals surface area contributed by atoms with Crippen LogP contribution in [-0.4, -0.2) is 17.3 Å². The Bertz CT molecular complexity index is 325. The van der Waals surface area contributed by atoms with Crippen molar-refractivity contribution in [3.63, 3.8) is 0 Å². The third kappa shape index (κ3) is 2.04.